The summed E-state index contributed by atoms with van der Waals surface area (Å²) in [5, 5.41) is 1.30. The number of aromatic nitrogens is 2. The van der Waals surface area contributed by atoms with Crippen molar-refractivity contribution in [2.24, 2.45) is 0 Å². The van der Waals surface area contributed by atoms with Crippen LogP contribution >= 0.6 is 0 Å². The van der Waals surface area contributed by atoms with E-state index in [1.807, 2.05) is 0 Å². The molecule has 0 saturated carbocycles. The first kappa shape index (κ1) is 19.4. The van der Waals surface area contributed by atoms with Crippen molar-refractivity contribution < 1.29 is 4.42 Å². The highest BCUT2D eigenvalue weighted by Gasteiger charge is 2.17. The number of nitrogens with zero attached hydrogens (tertiary/aromatic N) is 1. The van der Waals surface area contributed by atoms with E-state index in [-0.39, 0.29) is 0 Å². The maximum absolute atomic E-state index is 6.34. The third-order valence-electron chi connectivity index (χ3n) is 5.75. The number of nitrogens with one attached hydrogen (secondary N) is 1. The minimum Gasteiger partial charge on any atom is -0.440 e. The number of para-hydroxylation sites is 1. The third-order valence-corrected chi connectivity index (χ3v) is 5.75. The monoisotopic (exact) mass is 406 g/mol. The third kappa shape index (κ3) is 4.04. The van der Waals surface area contributed by atoms with E-state index in [9.17, 15) is 0 Å². The molecule has 0 bridgehead atoms. The van der Waals surface area contributed by atoms with Crippen molar-refractivity contribution in [2.75, 3.05) is 0 Å². The largest absolute Gasteiger partial charge is 0.440 e. The van der Waals surface area contributed by atoms with E-state index in [1.54, 1.807) is 0 Å². The Bertz CT molecular complexity index is 1280. The molecule has 3 nitrogen and oxygen atoms in total. The Morgan fingerprint density at radius 3 is 2.35 bits per heavy atom. The van der Waals surface area contributed by atoms with Crippen LogP contribution in [0.3, 0.4) is 0 Å². The van der Waals surface area contributed by atoms with Gasteiger partial charge in [-0.2, -0.15) is 0 Å². The Morgan fingerprint density at radius 2 is 1.55 bits per heavy atom. The molecule has 0 unspecified atom stereocenters. The normalized spacial score (nSPS) is 11.3. The molecule has 2 aromatic heterocycles. The second-order valence-electron chi connectivity index (χ2n) is 8.24. The summed E-state index contributed by atoms with van der Waals surface area (Å²) in [4.78, 5) is 8.30. The second-order valence-corrected chi connectivity index (χ2v) is 8.24. The molecule has 5 rings (SSSR count). The zero-order valence-electron chi connectivity index (χ0n) is 18.0. The van der Waals surface area contributed by atoms with Gasteiger partial charge in [0.2, 0.25) is 0 Å². The summed E-state index contributed by atoms with van der Waals surface area (Å²) < 4.78 is 6.34. The molecule has 0 radical (unpaired) electrons. The number of H-pyrrole nitrogens is 1. The number of aromatic amines is 1. The van der Waals surface area contributed by atoms with Crippen LogP contribution in [-0.4, -0.2) is 9.97 Å². The zero-order valence-corrected chi connectivity index (χ0v) is 18.0. The number of benzene rings is 3. The lowest BCUT2D eigenvalue weighted by Crippen LogP contribution is -1.90. The fourth-order valence-corrected chi connectivity index (χ4v) is 4.21. The number of oxazole rings is 1. The van der Waals surface area contributed by atoms with Crippen LogP contribution < -0.4 is 0 Å². The Kier molecular flexibility index (Phi) is 5.17. The predicted octanol–water partition coefficient (Wildman–Crippen LogP) is 7.28. The highest BCUT2D eigenvalue weighted by Crippen LogP contribution is 2.34. The minimum atomic E-state index is 0.799. The summed E-state index contributed by atoms with van der Waals surface area (Å²) >= 11 is 0. The van der Waals surface area contributed by atoms with Gasteiger partial charge >= 0.3 is 0 Å². The van der Waals surface area contributed by atoms with Crippen LogP contribution in [0.4, 0.5) is 0 Å². The molecule has 5 aromatic rings. The lowest BCUT2D eigenvalue weighted by molar-refractivity contribution is 0.498. The molecule has 2 heterocycles. The molecule has 154 valence electrons. The molecule has 3 aromatic carbocycles. The zero-order chi connectivity index (χ0) is 21.2. The fourth-order valence-electron chi connectivity index (χ4n) is 4.21. The van der Waals surface area contributed by atoms with E-state index in [0.29, 0.717) is 0 Å². The Hall–Kier alpha value is -3.59. The molecule has 0 saturated heterocycles. The smallest absolute Gasteiger partial charge is 0.195 e. The van der Waals surface area contributed by atoms with E-state index in [1.165, 1.54) is 27.6 Å². The van der Waals surface area contributed by atoms with Crippen LogP contribution in [0.5, 0.6) is 0 Å². The molecule has 0 amide bonds. The second kappa shape index (κ2) is 8.27. The lowest BCUT2D eigenvalue weighted by atomic mass is 10.0. The van der Waals surface area contributed by atoms with Gasteiger partial charge in [0.1, 0.15) is 5.69 Å². The van der Waals surface area contributed by atoms with Gasteiger partial charge in [0.05, 0.1) is 0 Å². The molecule has 0 fully saturated rings. The quantitative estimate of drug-likeness (QED) is 0.322. The van der Waals surface area contributed by atoms with Gasteiger partial charge in [-0.3, -0.25) is 0 Å². The van der Waals surface area contributed by atoms with Crippen LogP contribution in [0.15, 0.2) is 83.4 Å². The van der Waals surface area contributed by atoms with Crippen LogP contribution in [0, 0.1) is 13.8 Å². The Labute approximate surface area is 182 Å². The van der Waals surface area contributed by atoms with Crippen molar-refractivity contribution in [1.29, 1.82) is 0 Å². The average molecular weight is 407 g/mol. The molecule has 0 atom stereocenters. The van der Waals surface area contributed by atoms with Crippen LogP contribution in [0.25, 0.3) is 33.5 Å². The molecule has 0 aliphatic carbocycles. The number of aryl methyl sites for hydroxylation is 4. The van der Waals surface area contributed by atoms with Crippen molar-refractivity contribution in [3.8, 4) is 22.6 Å². The van der Waals surface area contributed by atoms with Crippen molar-refractivity contribution in [3.63, 3.8) is 0 Å². The molecule has 0 aliphatic heterocycles. The van der Waals surface area contributed by atoms with Gasteiger partial charge in [0.25, 0.3) is 0 Å². The molecule has 31 heavy (non-hydrogen) atoms. The molecular weight excluding hydrogens is 380 g/mol. The predicted molar refractivity (Wildman–Crippen MR) is 127 cm³/mol. The standard InChI is InChI=1S/C28H26N2O/c1-19-8-5-10-21(16-19)27-28(22-11-6-9-20(2)17-22)31-26(30-27)15-7-12-23-18-29-25-14-4-3-13-24(23)25/h3-6,8-11,13-14,16-18,29H,7,12,15H2,1-2H3. The molecular formula is C28H26N2O. The number of rotatable bonds is 6. The van der Waals surface area contributed by atoms with Gasteiger partial charge in [0, 0.05) is 34.6 Å². The van der Waals surface area contributed by atoms with Gasteiger partial charge in [-0.25, -0.2) is 4.98 Å². The van der Waals surface area contributed by atoms with Gasteiger partial charge in [0.15, 0.2) is 11.7 Å². The highest BCUT2D eigenvalue weighted by atomic mass is 16.4. The van der Waals surface area contributed by atoms with Crippen LogP contribution in [0.2, 0.25) is 0 Å². The Balaban J connectivity index is 1.43. The van der Waals surface area contributed by atoms with Crippen LogP contribution in [0.1, 0.15) is 29.0 Å². The maximum Gasteiger partial charge on any atom is 0.195 e. The number of hydrogen-bond donors (Lipinski definition) is 1. The van der Waals surface area contributed by atoms with E-state index >= 15 is 0 Å². The SMILES string of the molecule is Cc1cccc(-c2nc(CCCc3c[nH]c4ccccc34)oc2-c2cccc(C)c2)c1. The van der Waals surface area contributed by atoms with Crippen LogP contribution in [-0.2, 0) is 12.8 Å². The molecule has 3 heteroatoms. The first-order valence-electron chi connectivity index (χ1n) is 10.9. The Morgan fingerprint density at radius 1 is 0.806 bits per heavy atom. The van der Waals surface area contributed by atoms with Gasteiger partial charge in [-0.15, -0.1) is 0 Å². The lowest BCUT2D eigenvalue weighted by Gasteiger charge is -2.03. The van der Waals surface area contributed by atoms with E-state index in [2.05, 4.69) is 97.8 Å². The number of hydrogen-bond acceptors (Lipinski definition) is 2. The average Bonchev–Trinajstić information content (AvgIpc) is 3.39. The molecule has 1 N–H and O–H groups in total. The summed E-state index contributed by atoms with van der Waals surface area (Å²) in [7, 11) is 0. The van der Waals surface area contributed by atoms with Gasteiger partial charge in [-0.1, -0.05) is 65.7 Å². The summed E-state index contributed by atoms with van der Waals surface area (Å²) in [5.41, 5.74) is 8.07. The summed E-state index contributed by atoms with van der Waals surface area (Å²) in [6.45, 7) is 4.21. The first-order valence-corrected chi connectivity index (χ1v) is 10.9. The highest BCUT2D eigenvalue weighted by molar-refractivity contribution is 5.83. The summed E-state index contributed by atoms with van der Waals surface area (Å²) in [6, 6.07) is 25.4. The van der Waals surface area contributed by atoms with E-state index < -0.39 is 0 Å². The summed E-state index contributed by atoms with van der Waals surface area (Å²) in [5.74, 6) is 1.66. The molecule has 0 spiro atoms. The minimum absolute atomic E-state index is 0.799. The maximum atomic E-state index is 6.34. The van der Waals surface area contributed by atoms with Crippen molar-refractivity contribution in [3.05, 3.63) is 102 Å². The van der Waals surface area contributed by atoms with Gasteiger partial charge < -0.3 is 9.40 Å². The van der Waals surface area contributed by atoms with E-state index in [4.69, 9.17) is 9.40 Å². The topological polar surface area (TPSA) is 41.8 Å². The van der Waals surface area contributed by atoms with E-state index in [0.717, 1.165) is 47.7 Å². The van der Waals surface area contributed by atoms with Crippen molar-refractivity contribution >= 4 is 10.9 Å². The van der Waals surface area contributed by atoms with Gasteiger partial charge in [-0.05, 0) is 50.5 Å². The summed E-state index contributed by atoms with van der Waals surface area (Å²) in [6.07, 6.45) is 4.91. The number of fused-ring (bicyclic) bond motifs is 1. The first-order chi connectivity index (χ1) is 15.2. The fraction of sp³-hybridized carbons (Fsp3) is 0.179. The van der Waals surface area contributed by atoms with Crippen molar-refractivity contribution in [1.82, 2.24) is 9.97 Å². The molecule has 0 aliphatic rings. The van der Waals surface area contributed by atoms with Crippen molar-refractivity contribution in [2.45, 2.75) is 33.1 Å².